The van der Waals surface area contributed by atoms with Crippen molar-refractivity contribution in [3.63, 3.8) is 0 Å². The highest BCUT2D eigenvalue weighted by Gasteiger charge is 2.15. The van der Waals surface area contributed by atoms with E-state index in [9.17, 15) is 4.79 Å². The Balaban J connectivity index is 3.21. The molecule has 0 aliphatic heterocycles. The van der Waals surface area contributed by atoms with Gasteiger partial charge in [-0.15, -0.1) is 0 Å². The zero-order valence-corrected chi connectivity index (χ0v) is 9.87. The fraction of sp³-hybridized carbons (Fsp3) is 0.364. The summed E-state index contributed by atoms with van der Waals surface area (Å²) in [5.41, 5.74) is 0.0805. The molecule has 1 rings (SSSR count). The first-order chi connectivity index (χ1) is 7.60. The summed E-state index contributed by atoms with van der Waals surface area (Å²) in [5.74, 6) is -0.309. The van der Waals surface area contributed by atoms with Crippen LogP contribution in [0.3, 0.4) is 0 Å². The van der Waals surface area contributed by atoms with Crippen molar-refractivity contribution in [2.24, 2.45) is 0 Å². The van der Waals surface area contributed by atoms with Crippen LogP contribution in [0.2, 0.25) is 5.02 Å². The lowest BCUT2D eigenvalue weighted by Crippen LogP contribution is -2.03. The van der Waals surface area contributed by atoms with Crippen molar-refractivity contribution in [1.29, 1.82) is 0 Å². The first-order valence-corrected chi connectivity index (χ1v) is 5.30. The van der Waals surface area contributed by atoms with Gasteiger partial charge in [-0.1, -0.05) is 11.6 Å². The second-order valence-corrected chi connectivity index (χ2v) is 3.36. The van der Waals surface area contributed by atoms with E-state index in [1.165, 1.54) is 12.1 Å². The molecule has 0 atom stereocenters. The molecule has 1 N–H and O–H groups in total. The maximum Gasteiger partial charge on any atom is 0.335 e. The number of carbonyl (C=O) groups is 1. The van der Waals surface area contributed by atoms with E-state index in [0.717, 1.165) is 0 Å². The molecule has 0 aromatic heterocycles. The van der Waals surface area contributed by atoms with Gasteiger partial charge in [0.25, 0.3) is 0 Å². The van der Waals surface area contributed by atoms with Gasteiger partial charge < -0.3 is 14.6 Å². The number of rotatable bonds is 5. The van der Waals surface area contributed by atoms with E-state index >= 15 is 0 Å². The van der Waals surface area contributed by atoms with Crippen molar-refractivity contribution in [3.05, 3.63) is 22.7 Å². The van der Waals surface area contributed by atoms with Gasteiger partial charge in [-0.3, -0.25) is 0 Å². The maximum atomic E-state index is 10.8. The number of benzene rings is 1. The van der Waals surface area contributed by atoms with E-state index in [1.54, 1.807) is 6.92 Å². The lowest BCUT2D eigenvalue weighted by Gasteiger charge is -2.13. The quantitative estimate of drug-likeness (QED) is 0.865. The number of carboxylic acids is 1. The van der Waals surface area contributed by atoms with Crippen molar-refractivity contribution in [1.82, 2.24) is 0 Å². The number of hydrogen-bond acceptors (Lipinski definition) is 3. The molecule has 0 heterocycles. The van der Waals surface area contributed by atoms with E-state index in [2.05, 4.69) is 0 Å². The molecule has 0 bridgehead atoms. The van der Waals surface area contributed by atoms with Crippen LogP contribution in [-0.4, -0.2) is 24.3 Å². The van der Waals surface area contributed by atoms with Gasteiger partial charge in [0.1, 0.15) is 0 Å². The molecule has 0 saturated heterocycles. The third kappa shape index (κ3) is 2.79. The third-order valence-corrected chi connectivity index (χ3v) is 2.13. The molecule has 4 nitrogen and oxygen atoms in total. The molecule has 0 unspecified atom stereocenters. The largest absolute Gasteiger partial charge is 0.490 e. The van der Waals surface area contributed by atoms with Crippen molar-refractivity contribution in [2.45, 2.75) is 13.8 Å². The lowest BCUT2D eigenvalue weighted by molar-refractivity contribution is 0.0696. The highest BCUT2D eigenvalue weighted by Crippen LogP contribution is 2.36. The summed E-state index contributed by atoms with van der Waals surface area (Å²) in [5, 5.41) is 9.11. The predicted molar refractivity (Wildman–Crippen MR) is 60.7 cm³/mol. The molecule has 16 heavy (non-hydrogen) atoms. The molecule has 0 amide bonds. The third-order valence-electron chi connectivity index (χ3n) is 1.84. The topological polar surface area (TPSA) is 55.8 Å². The minimum absolute atomic E-state index is 0.0805. The average Bonchev–Trinajstić information content (AvgIpc) is 2.23. The summed E-state index contributed by atoms with van der Waals surface area (Å²) in [6.07, 6.45) is 0. The van der Waals surface area contributed by atoms with Crippen LogP contribution in [0.5, 0.6) is 11.5 Å². The fourth-order valence-corrected chi connectivity index (χ4v) is 1.50. The van der Waals surface area contributed by atoms with Crippen LogP contribution in [0.4, 0.5) is 0 Å². The van der Waals surface area contributed by atoms with Gasteiger partial charge >= 0.3 is 5.97 Å². The molecule has 0 spiro atoms. The van der Waals surface area contributed by atoms with Crippen LogP contribution >= 0.6 is 11.6 Å². The molecule has 0 fully saturated rings. The van der Waals surface area contributed by atoms with E-state index in [0.29, 0.717) is 24.7 Å². The highest BCUT2D eigenvalue weighted by atomic mass is 35.5. The van der Waals surface area contributed by atoms with Crippen LogP contribution in [-0.2, 0) is 0 Å². The van der Waals surface area contributed by atoms with E-state index in [4.69, 9.17) is 26.2 Å². The van der Waals surface area contributed by atoms with Gasteiger partial charge in [0, 0.05) is 0 Å². The van der Waals surface area contributed by atoms with Crippen LogP contribution in [0, 0.1) is 0 Å². The molecule has 5 heteroatoms. The number of ether oxygens (including phenoxy) is 2. The van der Waals surface area contributed by atoms with E-state index in [1.807, 2.05) is 6.92 Å². The number of aromatic carboxylic acids is 1. The van der Waals surface area contributed by atoms with Crippen LogP contribution in [0.25, 0.3) is 0 Å². The Morgan fingerprint density at radius 2 is 1.94 bits per heavy atom. The van der Waals surface area contributed by atoms with Gasteiger partial charge in [0.05, 0.1) is 23.8 Å². The summed E-state index contributed by atoms with van der Waals surface area (Å²) < 4.78 is 10.6. The first kappa shape index (κ1) is 12.6. The molecular formula is C11H13ClO4. The molecule has 88 valence electrons. The van der Waals surface area contributed by atoms with Crippen molar-refractivity contribution in [3.8, 4) is 11.5 Å². The maximum absolute atomic E-state index is 10.8. The molecule has 1 aromatic rings. The van der Waals surface area contributed by atoms with Crippen molar-refractivity contribution < 1.29 is 19.4 Å². The molecule has 0 aliphatic carbocycles. The second-order valence-electron chi connectivity index (χ2n) is 2.96. The number of carboxylic acid groups (broad SMARTS) is 1. The van der Waals surface area contributed by atoms with E-state index in [-0.39, 0.29) is 10.6 Å². The van der Waals surface area contributed by atoms with Gasteiger partial charge in [-0.25, -0.2) is 4.79 Å². The standard InChI is InChI=1S/C11H13ClO4/c1-3-15-9-6-7(11(13)14)5-8(12)10(9)16-4-2/h5-6H,3-4H2,1-2H3,(H,13,14). The Labute approximate surface area is 98.7 Å². The Bertz CT molecular complexity index is 390. The molecular weight excluding hydrogens is 232 g/mol. The van der Waals surface area contributed by atoms with Crippen molar-refractivity contribution in [2.75, 3.05) is 13.2 Å². The summed E-state index contributed by atoms with van der Waals surface area (Å²) in [6.45, 7) is 4.47. The molecule has 0 saturated carbocycles. The van der Waals surface area contributed by atoms with Crippen molar-refractivity contribution >= 4 is 17.6 Å². The lowest BCUT2D eigenvalue weighted by atomic mass is 10.2. The Morgan fingerprint density at radius 3 is 2.44 bits per heavy atom. The van der Waals surface area contributed by atoms with Gasteiger partial charge in [-0.05, 0) is 26.0 Å². The molecule has 0 radical (unpaired) electrons. The normalized spacial score (nSPS) is 9.94. The fourth-order valence-electron chi connectivity index (χ4n) is 1.24. The summed E-state index contributed by atoms with van der Waals surface area (Å²) in [4.78, 5) is 10.8. The summed E-state index contributed by atoms with van der Waals surface area (Å²) >= 11 is 5.92. The monoisotopic (exact) mass is 244 g/mol. The zero-order chi connectivity index (χ0) is 12.1. The number of hydrogen-bond donors (Lipinski definition) is 1. The summed E-state index contributed by atoms with van der Waals surface area (Å²) in [7, 11) is 0. The average molecular weight is 245 g/mol. The van der Waals surface area contributed by atoms with Gasteiger partial charge in [0.2, 0.25) is 0 Å². The predicted octanol–water partition coefficient (Wildman–Crippen LogP) is 2.84. The number of halogens is 1. The second kappa shape index (κ2) is 5.61. The highest BCUT2D eigenvalue weighted by molar-refractivity contribution is 6.32. The Hall–Kier alpha value is -1.42. The minimum Gasteiger partial charge on any atom is -0.490 e. The van der Waals surface area contributed by atoms with Gasteiger partial charge in [0.15, 0.2) is 11.5 Å². The smallest absolute Gasteiger partial charge is 0.335 e. The molecule has 1 aromatic carbocycles. The van der Waals surface area contributed by atoms with Gasteiger partial charge in [-0.2, -0.15) is 0 Å². The Kier molecular flexibility index (Phi) is 4.43. The first-order valence-electron chi connectivity index (χ1n) is 4.92. The SMILES string of the molecule is CCOc1cc(C(=O)O)cc(Cl)c1OCC. The summed E-state index contributed by atoms with van der Waals surface area (Å²) in [6, 6.07) is 2.75. The molecule has 0 aliphatic rings. The van der Waals surface area contributed by atoms with Crippen LogP contribution in [0.15, 0.2) is 12.1 Å². The van der Waals surface area contributed by atoms with Crippen LogP contribution in [0.1, 0.15) is 24.2 Å². The zero-order valence-electron chi connectivity index (χ0n) is 9.12. The van der Waals surface area contributed by atoms with E-state index < -0.39 is 5.97 Å². The Morgan fingerprint density at radius 1 is 1.31 bits per heavy atom. The minimum atomic E-state index is -1.05. The van der Waals surface area contributed by atoms with Crippen LogP contribution < -0.4 is 9.47 Å².